The Morgan fingerprint density at radius 2 is 2.12 bits per heavy atom. The van der Waals surface area contributed by atoms with Crippen molar-refractivity contribution in [3.05, 3.63) is 0 Å². The van der Waals surface area contributed by atoms with Gasteiger partial charge in [-0.3, -0.25) is 4.79 Å². The summed E-state index contributed by atoms with van der Waals surface area (Å²) in [4.78, 5) is 14.1. The van der Waals surface area contributed by atoms with Crippen LogP contribution in [-0.4, -0.2) is 30.4 Å². The van der Waals surface area contributed by atoms with Crippen LogP contribution in [0, 0.1) is 11.8 Å². The van der Waals surface area contributed by atoms with Gasteiger partial charge < -0.3 is 10.6 Å². The van der Waals surface area contributed by atoms with Gasteiger partial charge in [0.25, 0.3) is 0 Å². The normalized spacial score (nSPS) is 30.1. The molecule has 16 heavy (non-hydrogen) atoms. The summed E-state index contributed by atoms with van der Waals surface area (Å²) in [7, 11) is 1.92. The maximum atomic E-state index is 12.2. The molecule has 3 unspecified atom stereocenters. The monoisotopic (exact) mass is 226 g/mol. The van der Waals surface area contributed by atoms with E-state index in [1.807, 2.05) is 11.9 Å². The van der Waals surface area contributed by atoms with Gasteiger partial charge in [0.2, 0.25) is 5.91 Å². The van der Waals surface area contributed by atoms with Crippen molar-refractivity contribution >= 4 is 5.91 Å². The van der Waals surface area contributed by atoms with Crippen LogP contribution in [0.4, 0.5) is 0 Å². The second-order valence-electron chi connectivity index (χ2n) is 5.17. The molecule has 1 saturated carbocycles. The number of hydrogen-bond donors (Lipinski definition) is 1. The highest BCUT2D eigenvalue weighted by Gasteiger charge is 2.33. The molecule has 1 aliphatic carbocycles. The smallest absolute Gasteiger partial charge is 0.225 e. The van der Waals surface area contributed by atoms with Gasteiger partial charge in [0, 0.05) is 25.6 Å². The quantitative estimate of drug-likeness (QED) is 0.797. The van der Waals surface area contributed by atoms with E-state index in [-0.39, 0.29) is 12.0 Å². The van der Waals surface area contributed by atoms with Crippen LogP contribution in [-0.2, 0) is 4.79 Å². The molecule has 0 saturated heterocycles. The Morgan fingerprint density at radius 1 is 1.44 bits per heavy atom. The van der Waals surface area contributed by atoms with Crippen LogP contribution < -0.4 is 5.73 Å². The van der Waals surface area contributed by atoms with Crippen molar-refractivity contribution < 1.29 is 4.79 Å². The molecule has 1 amide bonds. The molecular formula is C13H26N2O. The molecule has 0 bridgehead atoms. The molecule has 0 heterocycles. The van der Waals surface area contributed by atoms with E-state index >= 15 is 0 Å². The lowest BCUT2D eigenvalue weighted by Gasteiger charge is -2.35. The molecule has 0 aromatic rings. The van der Waals surface area contributed by atoms with Crippen LogP contribution in [0.25, 0.3) is 0 Å². The van der Waals surface area contributed by atoms with E-state index < -0.39 is 0 Å². The van der Waals surface area contributed by atoms with Gasteiger partial charge in [-0.2, -0.15) is 0 Å². The van der Waals surface area contributed by atoms with Gasteiger partial charge in [-0.25, -0.2) is 0 Å². The zero-order chi connectivity index (χ0) is 12.1. The Bertz CT molecular complexity index is 230. The summed E-state index contributed by atoms with van der Waals surface area (Å²) in [5, 5.41) is 0. The van der Waals surface area contributed by atoms with Crippen LogP contribution in [0.2, 0.25) is 0 Å². The third kappa shape index (κ3) is 3.21. The fourth-order valence-corrected chi connectivity index (χ4v) is 2.53. The van der Waals surface area contributed by atoms with Crippen LogP contribution >= 0.6 is 0 Å². The van der Waals surface area contributed by atoms with Crippen molar-refractivity contribution in [3.63, 3.8) is 0 Å². The lowest BCUT2D eigenvalue weighted by molar-refractivity contribution is -0.137. The van der Waals surface area contributed by atoms with Gasteiger partial charge in [-0.05, 0) is 25.2 Å². The average molecular weight is 226 g/mol. The van der Waals surface area contributed by atoms with E-state index in [1.165, 1.54) is 0 Å². The number of nitrogens with zero attached hydrogens (tertiary/aromatic N) is 1. The summed E-state index contributed by atoms with van der Waals surface area (Å²) in [6, 6.07) is 0.210. The Kier molecular flexibility index (Phi) is 5.26. The lowest BCUT2D eigenvalue weighted by Crippen LogP contribution is -2.45. The molecule has 1 aliphatic rings. The first-order valence-corrected chi connectivity index (χ1v) is 6.58. The molecule has 2 N–H and O–H groups in total. The fourth-order valence-electron chi connectivity index (χ4n) is 2.53. The first kappa shape index (κ1) is 13.5. The van der Waals surface area contributed by atoms with Gasteiger partial charge in [0.05, 0.1) is 0 Å². The van der Waals surface area contributed by atoms with E-state index in [0.29, 0.717) is 11.8 Å². The van der Waals surface area contributed by atoms with E-state index in [0.717, 1.165) is 38.6 Å². The van der Waals surface area contributed by atoms with Crippen LogP contribution in [0.5, 0.6) is 0 Å². The summed E-state index contributed by atoms with van der Waals surface area (Å²) in [6.07, 6.45) is 5.42. The number of rotatable bonds is 4. The van der Waals surface area contributed by atoms with Crippen molar-refractivity contribution in [3.8, 4) is 0 Å². The van der Waals surface area contributed by atoms with Crippen molar-refractivity contribution in [2.24, 2.45) is 17.6 Å². The zero-order valence-corrected chi connectivity index (χ0v) is 10.9. The minimum Gasteiger partial charge on any atom is -0.346 e. The van der Waals surface area contributed by atoms with E-state index in [1.54, 1.807) is 0 Å². The van der Waals surface area contributed by atoms with Crippen LogP contribution in [0.15, 0.2) is 0 Å². The van der Waals surface area contributed by atoms with Crippen LogP contribution in [0.3, 0.4) is 0 Å². The number of hydrogen-bond acceptors (Lipinski definition) is 2. The highest BCUT2D eigenvalue weighted by atomic mass is 16.2. The predicted molar refractivity (Wildman–Crippen MR) is 67.0 cm³/mol. The maximum absolute atomic E-state index is 12.2. The zero-order valence-electron chi connectivity index (χ0n) is 10.9. The topological polar surface area (TPSA) is 46.3 Å². The molecule has 3 nitrogen and oxygen atoms in total. The summed E-state index contributed by atoms with van der Waals surface area (Å²) in [5.41, 5.74) is 6.04. The molecular weight excluding hydrogens is 200 g/mol. The lowest BCUT2D eigenvalue weighted by atomic mass is 9.76. The van der Waals surface area contributed by atoms with Gasteiger partial charge in [-0.15, -0.1) is 0 Å². The fraction of sp³-hybridized carbons (Fsp3) is 0.923. The Hall–Kier alpha value is -0.570. The Labute approximate surface area is 99.4 Å². The van der Waals surface area contributed by atoms with Crippen molar-refractivity contribution in [1.82, 2.24) is 4.90 Å². The summed E-state index contributed by atoms with van der Waals surface area (Å²) in [5.74, 6) is 0.798. The van der Waals surface area contributed by atoms with Crippen molar-refractivity contribution in [2.45, 2.75) is 52.0 Å². The number of amides is 1. The highest BCUT2D eigenvalue weighted by molar-refractivity contribution is 5.79. The second-order valence-corrected chi connectivity index (χ2v) is 5.17. The SMILES string of the molecule is CCCCN(C)C(=O)C1CCCC(N)C1C. The van der Waals surface area contributed by atoms with E-state index in [4.69, 9.17) is 5.73 Å². The van der Waals surface area contributed by atoms with Gasteiger partial charge in [0.1, 0.15) is 0 Å². The number of carbonyl (C=O) groups is 1. The maximum Gasteiger partial charge on any atom is 0.225 e. The molecule has 3 heteroatoms. The predicted octanol–water partition coefficient (Wildman–Crippen LogP) is 2.01. The van der Waals surface area contributed by atoms with Gasteiger partial charge >= 0.3 is 0 Å². The summed E-state index contributed by atoms with van der Waals surface area (Å²) >= 11 is 0. The van der Waals surface area contributed by atoms with E-state index in [9.17, 15) is 4.79 Å². The molecule has 0 aromatic carbocycles. The molecule has 0 radical (unpaired) electrons. The summed E-state index contributed by atoms with van der Waals surface area (Å²) in [6.45, 7) is 5.16. The molecule has 94 valence electrons. The number of unbranched alkanes of at least 4 members (excludes halogenated alkanes) is 1. The third-order valence-electron chi connectivity index (χ3n) is 3.90. The average Bonchev–Trinajstić information content (AvgIpc) is 2.28. The first-order valence-electron chi connectivity index (χ1n) is 6.58. The second kappa shape index (κ2) is 6.24. The molecule has 1 rings (SSSR count). The van der Waals surface area contributed by atoms with Crippen molar-refractivity contribution in [1.29, 1.82) is 0 Å². The van der Waals surface area contributed by atoms with Crippen LogP contribution in [0.1, 0.15) is 46.0 Å². The highest BCUT2D eigenvalue weighted by Crippen LogP contribution is 2.30. The summed E-state index contributed by atoms with van der Waals surface area (Å²) < 4.78 is 0. The molecule has 0 spiro atoms. The Balaban J connectivity index is 2.51. The standard InChI is InChI=1S/C13H26N2O/c1-4-5-9-15(3)13(16)11-7-6-8-12(14)10(11)2/h10-12H,4-9,14H2,1-3H3. The molecule has 0 aromatic heterocycles. The third-order valence-corrected chi connectivity index (χ3v) is 3.90. The minimum absolute atomic E-state index is 0.158. The van der Waals surface area contributed by atoms with Gasteiger partial charge in [-0.1, -0.05) is 26.7 Å². The number of carbonyl (C=O) groups excluding carboxylic acids is 1. The number of nitrogens with two attached hydrogens (primary N) is 1. The van der Waals surface area contributed by atoms with E-state index in [2.05, 4.69) is 13.8 Å². The van der Waals surface area contributed by atoms with Gasteiger partial charge in [0.15, 0.2) is 0 Å². The molecule has 0 aliphatic heterocycles. The molecule has 1 fully saturated rings. The minimum atomic E-state index is 0.158. The first-order chi connectivity index (χ1) is 7.57. The Morgan fingerprint density at radius 3 is 2.75 bits per heavy atom. The largest absolute Gasteiger partial charge is 0.346 e. The van der Waals surface area contributed by atoms with Crippen molar-refractivity contribution in [2.75, 3.05) is 13.6 Å². The molecule has 3 atom stereocenters.